The van der Waals surface area contributed by atoms with Crippen molar-refractivity contribution < 1.29 is 5.11 Å². The van der Waals surface area contributed by atoms with Gasteiger partial charge in [0, 0.05) is 0 Å². The van der Waals surface area contributed by atoms with E-state index in [1.807, 2.05) is 6.92 Å². The van der Waals surface area contributed by atoms with Crippen LogP contribution < -0.4 is 0 Å². The molecular weight excluding hydrogens is 148 g/mol. The van der Waals surface area contributed by atoms with E-state index in [1.54, 1.807) is 6.08 Å². The van der Waals surface area contributed by atoms with Gasteiger partial charge in [-0.15, -0.1) is 0 Å². The molecule has 0 spiro atoms. The molecule has 12 heavy (non-hydrogen) atoms. The van der Waals surface area contributed by atoms with Crippen molar-refractivity contribution in [2.75, 3.05) is 6.61 Å². The smallest absolute Gasteiger partial charge is 0.101 e. The van der Waals surface area contributed by atoms with Crippen LogP contribution in [0.2, 0.25) is 0 Å². The molecule has 0 aliphatic carbocycles. The summed E-state index contributed by atoms with van der Waals surface area (Å²) in [6.07, 6.45) is 8.43. The van der Waals surface area contributed by atoms with E-state index < -0.39 is 0 Å². The normalized spacial score (nSPS) is 15.5. The van der Waals surface area contributed by atoms with Crippen molar-refractivity contribution in [1.82, 2.24) is 0 Å². The zero-order valence-corrected chi connectivity index (χ0v) is 8.34. The van der Waals surface area contributed by atoms with Crippen LogP contribution in [0.4, 0.5) is 0 Å². The Hall–Kier alpha value is -0.560. The van der Waals surface area contributed by atoms with E-state index in [4.69, 9.17) is 0 Å². The molecule has 0 aromatic carbocycles. The molecule has 0 heterocycles. The van der Waals surface area contributed by atoms with Crippen LogP contribution in [-0.2, 0) is 5.11 Å². The summed E-state index contributed by atoms with van der Waals surface area (Å²) in [5.41, 5.74) is 1.18. The van der Waals surface area contributed by atoms with Crippen LogP contribution in [-0.4, -0.2) is 6.61 Å². The first-order valence-corrected chi connectivity index (χ1v) is 4.63. The van der Waals surface area contributed by atoms with E-state index in [0.29, 0.717) is 5.92 Å². The minimum absolute atomic E-state index is 0.0994. The third-order valence-corrected chi connectivity index (χ3v) is 2.00. The highest BCUT2D eigenvalue weighted by Crippen LogP contribution is 2.11. The zero-order valence-electron chi connectivity index (χ0n) is 8.34. The zero-order chi connectivity index (χ0) is 9.40. The van der Waals surface area contributed by atoms with E-state index in [1.165, 1.54) is 12.0 Å². The van der Waals surface area contributed by atoms with Gasteiger partial charge in [0.1, 0.15) is 6.61 Å². The lowest BCUT2D eigenvalue weighted by Crippen LogP contribution is -1.92. The minimum Gasteiger partial charge on any atom is -0.232 e. The first-order valence-electron chi connectivity index (χ1n) is 4.63. The Labute approximate surface area is 75.8 Å². The van der Waals surface area contributed by atoms with Crippen molar-refractivity contribution in [1.29, 1.82) is 0 Å². The highest BCUT2D eigenvalue weighted by atomic mass is 16.2. The number of hydrogen-bond donors (Lipinski definition) is 0. The van der Waals surface area contributed by atoms with E-state index >= 15 is 0 Å². The third kappa shape index (κ3) is 5.14. The standard InChI is InChI=1S/C11H19O/c1-4-5-6-7-10(2)11(3)8-9-12/h6-8,10H,4-5,9H2,1-3H3. The molecule has 0 N–H and O–H groups in total. The van der Waals surface area contributed by atoms with E-state index in [0.717, 1.165) is 6.42 Å². The first-order chi connectivity index (χ1) is 5.72. The van der Waals surface area contributed by atoms with Crippen LogP contribution in [0, 0.1) is 5.92 Å². The molecule has 0 aliphatic heterocycles. The predicted octanol–water partition coefficient (Wildman–Crippen LogP) is 3.36. The molecule has 1 unspecified atom stereocenters. The molecule has 69 valence electrons. The summed E-state index contributed by atoms with van der Waals surface area (Å²) in [5, 5.41) is 10.3. The summed E-state index contributed by atoms with van der Waals surface area (Å²) >= 11 is 0. The number of allylic oxidation sites excluding steroid dienone is 3. The van der Waals surface area contributed by atoms with Crippen molar-refractivity contribution in [3.05, 3.63) is 23.8 Å². The minimum atomic E-state index is -0.0994. The SMILES string of the molecule is CCCC=CC(C)C(C)=CC[O]. The van der Waals surface area contributed by atoms with Crippen LogP contribution in [0.1, 0.15) is 33.6 Å². The molecule has 0 rings (SSSR count). The van der Waals surface area contributed by atoms with Crippen molar-refractivity contribution in [2.45, 2.75) is 33.6 Å². The van der Waals surface area contributed by atoms with Crippen LogP contribution in [0.25, 0.3) is 0 Å². The van der Waals surface area contributed by atoms with Crippen LogP contribution in [0.3, 0.4) is 0 Å². The second kappa shape index (κ2) is 7.11. The first kappa shape index (κ1) is 11.4. The topological polar surface area (TPSA) is 19.9 Å². The van der Waals surface area contributed by atoms with Gasteiger partial charge in [0.05, 0.1) is 0 Å². The van der Waals surface area contributed by atoms with Gasteiger partial charge in [0.25, 0.3) is 0 Å². The lowest BCUT2D eigenvalue weighted by atomic mass is 10.0. The fourth-order valence-corrected chi connectivity index (χ4v) is 0.936. The van der Waals surface area contributed by atoms with Crippen LogP contribution in [0.15, 0.2) is 23.8 Å². The molecule has 0 saturated carbocycles. The van der Waals surface area contributed by atoms with Gasteiger partial charge in [0.15, 0.2) is 0 Å². The molecule has 0 saturated heterocycles. The van der Waals surface area contributed by atoms with Gasteiger partial charge in [-0.05, 0) is 19.3 Å². The fourth-order valence-electron chi connectivity index (χ4n) is 0.936. The Balaban J connectivity index is 3.85. The van der Waals surface area contributed by atoms with Gasteiger partial charge in [0.2, 0.25) is 0 Å². The highest BCUT2D eigenvalue weighted by molar-refractivity contribution is 5.09. The maximum atomic E-state index is 10.3. The Morgan fingerprint density at radius 2 is 2.17 bits per heavy atom. The molecule has 0 aromatic heterocycles. The summed E-state index contributed by atoms with van der Waals surface area (Å²) in [4.78, 5) is 0. The second-order valence-electron chi connectivity index (χ2n) is 3.12. The number of unbranched alkanes of at least 4 members (excludes halogenated alkanes) is 1. The quantitative estimate of drug-likeness (QED) is 0.559. The van der Waals surface area contributed by atoms with E-state index in [9.17, 15) is 5.11 Å². The molecule has 1 atom stereocenters. The van der Waals surface area contributed by atoms with Crippen molar-refractivity contribution in [2.24, 2.45) is 5.92 Å². The van der Waals surface area contributed by atoms with E-state index in [-0.39, 0.29) is 6.61 Å². The molecule has 0 bridgehead atoms. The van der Waals surface area contributed by atoms with Crippen LogP contribution >= 0.6 is 0 Å². The molecule has 0 aromatic rings. The Morgan fingerprint density at radius 1 is 1.50 bits per heavy atom. The Kier molecular flexibility index (Phi) is 6.78. The molecule has 1 radical (unpaired) electrons. The largest absolute Gasteiger partial charge is 0.232 e. The number of hydrogen-bond acceptors (Lipinski definition) is 0. The van der Waals surface area contributed by atoms with Gasteiger partial charge in [-0.3, -0.25) is 0 Å². The molecule has 1 nitrogen and oxygen atoms in total. The van der Waals surface area contributed by atoms with E-state index in [2.05, 4.69) is 26.0 Å². The van der Waals surface area contributed by atoms with Crippen LogP contribution in [0.5, 0.6) is 0 Å². The molecule has 0 amide bonds. The van der Waals surface area contributed by atoms with Gasteiger partial charge in [-0.2, -0.15) is 0 Å². The fraction of sp³-hybridized carbons (Fsp3) is 0.636. The summed E-state index contributed by atoms with van der Waals surface area (Å²) < 4.78 is 0. The van der Waals surface area contributed by atoms with Crippen molar-refractivity contribution >= 4 is 0 Å². The average molecular weight is 167 g/mol. The Bertz CT molecular complexity index is 156. The monoisotopic (exact) mass is 167 g/mol. The second-order valence-corrected chi connectivity index (χ2v) is 3.12. The lowest BCUT2D eigenvalue weighted by Gasteiger charge is -2.05. The van der Waals surface area contributed by atoms with Crippen molar-refractivity contribution in [3.8, 4) is 0 Å². The average Bonchev–Trinajstić information content (AvgIpc) is 2.05. The van der Waals surface area contributed by atoms with Gasteiger partial charge >= 0.3 is 0 Å². The van der Waals surface area contributed by atoms with Gasteiger partial charge in [-0.25, -0.2) is 5.11 Å². The molecular formula is C11H19O. The molecule has 1 heteroatoms. The molecule has 0 aliphatic rings. The maximum Gasteiger partial charge on any atom is 0.101 e. The highest BCUT2D eigenvalue weighted by Gasteiger charge is 1.97. The summed E-state index contributed by atoms with van der Waals surface area (Å²) in [5.74, 6) is 0.422. The summed E-state index contributed by atoms with van der Waals surface area (Å²) in [6.45, 7) is 6.19. The summed E-state index contributed by atoms with van der Waals surface area (Å²) in [7, 11) is 0. The lowest BCUT2D eigenvalue weighted by molar-refractivity contribution is 0.231. The third-order valence-electron chi connectivity index (χ3n) is 2.00. The predicted molar refractivity (Wildman–Crippen MR) is 52.5 cm³/mol. The molecule has 0 fully saturated rings. The summed E-state index contributed by atoms with van der Waals surface area (Å²) in [6, 6.07) is 0. The van der Waals surface area contributed by atoms with Gasteiger partial charge < -0.3 is 0 Å². The van der Waals surface area contributed by atoms with Gasteiger partial charge in [-0.1, -0.05) is 44.1 Å². The number of rotatable bonds is 5. The maximum absolute atomic E-state index is 10.3. The Morgan fingerprint density at radius 3 is 2.67 bits per heavy atom. The van der Waals surface area contributed by atoms with Crippen molar-refractivity contribution in [3.63, 3.8) is 0 Å².